The van der Waals surface area contributed by atoms with Crippen molar-refractivity contribution in [1.82, 2.24) is 4.98 Å². The maximum absolute atomic E-state index is 13.0. The Morgan fingerprint density at radius 1 is 1.33 bits per heavy atom. The number of rotatable bonds is 2. The van der Waals surface area contributed by atoms with Crippen LogP contribution in [0, 0.1) is 12.7 Å². The van der Waals surface area contributed by atoms with Crippen LogP contribution < -0.4 is 5.73 Å². The zero-order valence-corrected chi connectivity index (χ0v) is 10.3. The number of aromatic nitrogens is 1. The Hall–Kier alpha value is -1.94. The third-order valence-electron chi connectivity index (χ3n) is 2.56. The van der Waals surface area contributed by atoms with Crippen molar-refractivity contribution in [3.63, 3.8) is 0 Å². The van der Waals surface area contributed by atoms with Gasteiger partial charge >= 0.3 is 0 Å². The number of aryl methyl sites for hydroxylation is 1. The smallest absolute Gasteiger partial charge is 0.197 e. The summed E-state index contributed by atoms with van der Waals surface area (Å²) in [7, 11) is 0. The quantitative estimate of drug-likeness (QED) is 0.849. The van der Waals surface area contributed by atoms with Crippen molar-refractivity contribution in [2.24, 2.45) is 0 Å². The fourth-order valence-corrected chi connectivity index (χ4v) is 1.82. The average molecular weight is 265 g/mol. The van der Waals surface area contributed by atoms with Crippen LogP contribution in [0.3, 0.4) is 0 Å². The van der Waals surface area contributed by atoms with Crippen LogP contribution in [-0.4, -0.2) is 10.8 Å². The van der Waals surface area contributed by atoms with E-state index < -0.39 is 0 Å². The zero-order valence-electron chi connectivity index (χ0n) is 9.58. The van der Waals surface area contributed by atoms with Crippen molar-refractivity contribution in [1.29, 1.82) is 0 Å². The maximum atomic E-state index is 13.0. The molecular weight excluding hydrogens is 255 g/mol. The maximum Gasteiger partial charge on any atom is 0.197 e. The number of nitrogen functional groups attached to an aromatic ring is 1. The van der Waals surface area contributed by atoms with E-state index in [4.69, 9.17) is 17.3 Å². The number of carbonyl (C=O) groups excluding carboxylic acids is 1. The van der Waals surface area contributed by atoms with Crippen LogP contribution in [0.1, 0.15) is 21.5 Å². The summed E-state index contributed by atoms with van der Waals surface area (Å²) in [5.41, 5.74) is 6.79. The molecule has 1 heterocycles. The number of halogens is 2. The molecule has 2 rings (SSSR count). The minimum absolute atomic E-state index is 0.105. The molecule has 0 aliphatic rings. The number of nitrogens with two attached hydrogens (primary N) is 1. The lowest BCUT2D eigenvalue weighted by Gasteiger charge is -2.07. The highest BCUT2D eigenvalue weighted by Crippen LogP contribution is 2.21. The Balaban J connectivity index is 2.51. The number of anilines is 1. The first-order valence-corrected chi connectivity index (χ1v) is 5.58. The summed E-state index contributed by atoms with van der Waals surface area (Å²) < 4.78 is 13.0. The number of hydrogen-bond acceptors (Lipinski definition) is 3. The zero-order chi connectivity index (χ0) is 13.3. The Bertz CT molecular complexity index is 628. The third kappa shape index (κ3) is 2.33. The molecule has 0 fully saturated rings. The van der Waals surface area contributed by atoms with Crippen LogP contribution >= 0.6 is 11.6 Å². The van der Waals surface area contributed by atoms with Gasteiger partial charge in [0.2, 0.25) is 0 Å². The van der Waals surface area contributed by atoms with Gasteiger partial charge in [0, 0.05) is 11.8 Å². The molecule has 0 spiro atoms. The van der Waals surface area contributed by atoms with Gasteiger partial charge in [0.1, 0.15) is 11.6 Å². The van der Waals surface area contributed by atoms with Crippen molar-refractivity contribution in [3.05, 3.63) is 58.0 Å². The second-order valence-corrected chi connectivity index (χ2v) is 4.31. The molecule has 1 aromatic heterocycles. The SMILES string of the molecule is Cc1cc(F)ccc1C(=O)c1cc(Cl)cnc1N. The Morgan fingerprint density at radius 3 is 2.72 bits per heavy atom. The molecule has 5 heteroatoms. The van der Waals surface area contributed by atoms with Crippen molar-refractivity contribution >= 4 is 23.2 Å². The van der Waals surface area contributed by atoms with Gasteiger partial charge in [0.05, 0.1) is 10.6 Å². The normalized spacial score (nSPS) is 10.4. The molecule has 0 amide bonds. The lowest BCUT2D eigenvalue weighted by molar-refractivity contribution is 0.103. The van der Waals surface area contributed by atoms with Crippen molar-refractivity contribution < 1.29 is 9.18 Å². The van der Waals surface area contributed by atoms with Crippen LogP contribution in [0.15, 0.2) is 30.5 Å². The molecule has 1 aromatic carbocycles. The van der Waals surface area contributed by atoms with E-state index in [1.54, 1.807) is 6.92 Å². The number of benzene rings is 1. The second kappa shape index (κ2) is 4.74. The summed E-state index contributed by atoms with van der Waals surface area (Å²) >= 11 is 5.78. The predicted molar refractivity (Wildman–Crippen MR) is 68.2 cm³/mol. The highest BCUT2D eigenvalue weighted by Gasteiger charge is 2.16. The van der Waals surface area contributed by atoms with Crippen molar-refractivity contribution in [3.8, 4) is 0 Å². The Labute approximate surface area is 108 Å². The minimum atomic E-state index is -0.388. The van der Waals surface area contributed by atoms with Gasteiger partial charge in [-0.2, -0.15) is 0 Å². The fraction of sp³-hybridized carbons (Fsp3) is 0.0769. The second-order valence-electron chi connectivity index (χ2n) is 3.87. The van der Waals surface area contributed by atoms with Crippen LogP contribution in [-0.2, 0) is 0 Å². The van der Waals surface area contributed by atoms with E-state index >= 15 is 0 Å². The highest BCUT2D eigenvalue weighted by atomic mass is 35.5. The number of pyridine rings is 1. The largest absolute Gasteiger partial charge is 0.383 e. The van der Waals surface area contributed by atoms with Crippen LogP contribution in [0.5, 0.6) is 0 Å². The lowest BCUT2D eigenvalue weighted by Crippen LogP contribution is -2.08. The molecule has 0 aliphatic carbocycles. The van der Waals surface area contributed by atoms with E-state index in [-0.39, 0.29) is 23.0 Å². The third-order valence-corrected chi connectivity index (χ3v) is 2.77. The van der Waals surface area contributed by atoms with Gasteiger partial charge in [-0.15, -0.1) is 0 Å². The molecule has 92 valence electrons. The fourth-order valence-electron chi connectivity index (χ4n) is 1.66. The first-order chi connectivity index (χ1) is 8.49. The van der Waals surface area contributed by atoms with E-state index in [1.807, 2.05) is 0 Å². The molecule has 2 N–H and O–H groups in total. The number of nitrogens with zero attached hydrogens (tertiary/aromatic N) is 1. The Kier molecular flexibility index (Phi) is 3.30. The number of ketones is 1. The van der Waals surface area contributed by atoms with Gasteiger partial charge < -0.3 is 5.73 Å². The minimum Gasteiger partial charge on any atom is -0.383 e. The van der Waals surface area contributed by atoms with E-state index in [0.717, 1.165) is 0 Å². The first kappa shape index (κ1) is 12.5. The van der Waals surface area contributed by atoms with Crippen LogP contribution in [0.2, 0.25) is 5.02 Å². The molecule has 0 saturated carbocycles. The monoisotopic (exact) mass is 264 g/mol. The molecule has 0 bridgehead atoms. The standard InChI is InChI=1S/C13H10ClFN2O/c1-7-4-9(15)2-3-10(7)12(18)11-5-8(14)6-17-13(11)16/h2-6H,1H3,(H2,16,17). The van der Waals surface area contributed by atoms with Gasteiger partial charge in [-0.1, -0.05) is 11.6 Å². The molecule has 3 nitrogen and oxygen atoms in total. The summed E-state index contributed by atoms with van der Waals surface area (Å²) in [6, 6.07) is 5.40. The van der Waals surface area contributed by atoms with Gasteiger partial charge in [0.15, 0.2) is 5.78 Å². The predicted octanol–water partition coefficient (Wildman–Crippen LogP) is 3.00. The van der Waals surface area contributed by atoms with Crippen molar-refractivity contribution in [2.75, 3.05) is 5.73 Å². The van der Waals surface area contributed by atoms with Gasteiger partial charge in [-0.25, -0.2) is 9.37 Å². The van der Waals surface area contributed by atoms with E-state index in [9.17, 15) is 9.18 Å². The average Bonchev–Trinajstić information content (AvgIpc) is 2.31. The molecule has 18 heavy (non-hydrogen) atoms. The van der Waals surface area contributed by atoms with E-state index in [2.05, 4.69) is 4.98 Å². The summed E-state index contributed by atoms with van der Waals surface area (Å²) in [4.78, 5) is 16.1. The summed E-state index contributed by atoms with van der Waals surface area (Å²) in [5.74, 6) is -0.602. The molecular formula is C13H10ClFN2O. The summed E-state index contributed by atoms with van der Waals surface area (Å²) in [6.45, 7) is 1.66. The molecule has 0 aliphatic heterocycles. The van der Waals surface area contributed by atoms with Gasteiger partial charge in [0.25, 0.3) is 0 Å². The number of carbonyl (C=O) groups is 1. The Morgan fingerprint density at radius 2 is 2.06 bits per heavy atom. The lowest BCUT2D eigenvalue weighted by atomic mass is 9.99. The molecule has 2 aromatic rings. The summed E-state index contributed by atoms with van der Waals surface area (Å²) in [6.07, 6.45) is 1.37. The molecule has 0 unspecified atom stereocenters. The molecule has 0 atom stereocenters. The number of hydrogen-bond donors (Lipinski definition) is 1. The van der Waals surface area contributed by atoms with Crippen molar-refractivity contribution in [2.45, 2.75) is 6.92 Å². The molecule has 0 radical (unpaired) electrons. The molecule has 0 saturated heterocycles. The van der Waals surface area contributed by atoms with E-state index in [1.165, 1.54) is 30.5 Å². The van der Waals surface area contributed by atoms with Crippen LogP contribution in [0.4, 0.5) is 10.2 Å². The summed E-state index contributed by atoms with van der Waals surface area (Å²) in [5, 5.41) is 0.326. The van der Waals surface area contributed by atoms with Gasteiger partial charge in [-0.05, 0) is 36.8 Å². The van der Waals surface area contributed by atoms with Crippen LogP contribution in [0.25, 0.3) is 0 Å². The van der Waals surface area contributed by atoms with Gasteiger partial charge in [-0.3, -0.25) is 4.79 Å². The van der Waals surface area contributed by atoms with E-state index in [0.29, 0.717) is 16.1 Å². The first-order valence-electron chi connectivity index (χ1n) is 5.21. The highest BCUT2D eigenvalue weighted by molar-refractivity contribution is 6.31. The topological polar surface area (TPSA) is 56.0 Å².